The van der Waals surface area contributed by atoms with Crippen molar-refractivity contribution in [2.24, 2.45) is 5.11 Å². The Labute approximate surface area is 93.1 Å². The Kier molecular flexibility index (Phi) is 2.66. The highest BCUT2D eigenvalue weighted by atomic mass is 16.3. The van der Waals surface area contributed by atoms with Crippen molar-refractivity contribution in [3.8, 4) is 0 Å². The van der Waals surface area contributed by atoms with Gasteiger partial charge in [0.2, 0.25) is 0 Å². The minimum Gasteiger partial charge on any atom is -0.468 e. The molecule has 2 rings (SSSR count). The Morgan fingerprint density at radius 3 is 2.50 bits per heavy atom. The van der Waals surface area contributed by atoms with Crippen LogP contribution in [-0.2, 0) is 5.54 Å². The van der Waals surface area contributed by atoms with Crippen LogP contribution in [0, 0.1) is 0 Å². The zero-order chi connectivity index (χ0) is 11.4. The number of hydrogen-bond donors (Lipinski definition) is 0. The average Bonchev–Trinajstić information content (AvgIpc) is 2.84. The topological polar surface area (TPSA) is 61.9 Å². The molecule has 16 heavy (non-hydrogen) atoms. The summed E-state index contributed by atoms with van der Waals surface area (Å²) in [6.07, 6.45) is 1.57. The van der Waals surface area contributed by atoms with E-state index in [4.69, 9.17) is 9.95 Å². The van der Waals surface area contributed by atoms with Gasteiger partial charge in [-0.2, -0.15) is 0 Å². The number of benzene rings is 1. The van der Waals surface area contributed by atoms with E-state index in [-0.39, 0.29) is 0 Å². The zero-order valence-corrected chi connectivity index (χ0v) is 8.87. The van der Waals surface area contributed by atoms with Crippen molar-refractivity contribution in [1.82, 2.24) is 0 Å². The number of rotatable bonds is 3. The minimum atomic E-state index is -0.792. The molecule has 1 atom stereocenters. The molecule has 1 aromatic carbocycles. The van der Waals surface area contributed by atoms with E-state index in [0.29, 0.717) is 5.76 Å². The minimum absolute atomic E-state index is 0.636. The van der Waals surface area contributed by atoms with Gasteiger partial charge in [0.15, 0.2) is 0 Å². The second kappa shape index (κ2) is 4.13. The Bertz CT molecular complexity index is 500. The first kappa shape index (κ1) is 10.3. The van der Waals surface area contributed by atoms with E-state index in [9.17, 15) is 0 Å². The highest BCUT2D eigenvalue weighted by molar-refractivity contribution is 5.32. The molecule has 4 heteroatoms. The van der Waals surface area contributed by atoms with E-state index in [1.165, 1.54) is 0 Å². The molecule has 0 aliphatic rings. The molecule has 80 valence electrons. The van der Waals surface area contributed by atoms with Crippen LogP contribution in [0.3, 0.4) is 0 Å². The number of hydrogen-bond acceptors (Lipinski definition) is 2. The van der Waals surface area contributed by atoms with Crippen molar-refractivity contribution in [3.63, 3.8) is 0 Å². The average molecular weight is 213 g/mol. The smallest absolute Gasteiger partial charge is 0.129 e. The summed E-state index contributed by atoms with van der Waals surface area (Å²) >= 11 is 0. The monoisotopic (exact) mass is 213 g/mol. The summed E-state index contributed by atoms with van der Waals surface area (Å²) in [4.78, 5) is 2.91. The first-order chi connectivity index (χ1) is 7.77. The summed E-state index contributed by atoms with van der Waals surface area (Å²) in [5, 5.41) is 3.86. The quantitative estimate of drug-likeness (QED) is 0.434. The molecule has 0 amide bonds. The Morgan fingerprint density at radius 2 is 1.94 bits per heavy atom. The van der Waals surface area contributed by atoms with Crippen LogP contribution in [0.15, 0.2) is 58.3 Å². The molecule has 0 aliphatic heterocycles. The normalized spacial score (nSPS) is 13.8. The zero-order valence-electron chi connectivity index (χ0n) is 8.87. The second-order valence-corrected chi connectivity index (χ2v) is 3.60. The highest BCUT2D eigenvalue weighted by Gasteiger charge is 2.30. The number of nitrogens with zero attached hydrogens (tertiary/aromatic N) is 3. The molecule has 0 saturated heterocycles. The SMILES string of the molecule is CC(N=[N+]=[N-])(c1ccccc1)c1ccco1. The van der Waals surface area contributed by atoms with E-state index in [0.717, 1.165) is 5.56 Å². The molecule has 1 aromatic heterocycles. The van der Waals surface area contributed by atoms with E-state index in [1.54, 1.807) is 12.3 Å². The van der Waals surface area contributed by atoms with E-state index in [2.05, 4.69) is 10.0 Å². The van der Waals surface area contributed by atoms with Crippen LogP contribution >= 0.6 is 0 Å². The molecule has 0 saturated carbocycles. The first-order valence-corrected chi connectivity index (χ1v) is 4.93. The van der Waals surface area contributed by atoms with Crippen molar-refractivity contribution >= 4 is 0 Å². The number of azide groups is 1. The summed E-state index contributed by atoms with van der Waals surface area (Å²) in [5.74, 6) is 0.636. The van der Waals surface area contributed by atoms with Crippen LogP contribution in [0.1, 0.15) is 18.2 Å². The molecule has 1 heterocycles. The van der Waals surface area contributed by atoms with Crippen molar-refractivity contribution < 1.29 is 4.42 Å². The lowest BCUT2D eigenvalue weighted by molar-refractivity contribution is 0.415. The van der Waals surface area contributed by atoms with Crippen LogP contribution in [0.4, 0.5) is 0 Å². The highest BCUT2D eigenvalue weighted by Crippen LogP contribution is 2.33. The molecule has 0 fully saturated rings. The fourth-order valence-electron chi connectivity index (χ4n) is 1.66. The Hall–Kier alpha value is -2.19. The maximum atomic E-state index is 8.68. The molecular weight excluding hydrogens is 202 g/mol. The van der Waals surface area contributed by atoms with Crippen molar-refractivity contribution in [2.75, 3.05) is 0 Å². The molecule has 4 nitrogen and oxygen atoms in total. The van der Waals surface area contributed by atoms with E-state index >= 15 is 0 Å². The Morgan fingerprint density at radius 1 is 1.19 bits per heavy atom. The van der Waals surface area contributed by atoms with Gasteiger partial charge in [0.1, 0.15) is 11.3 Å². The molecule has 0 radical (unpaired) electrons. The maximum Gasteiger partial charge on any atom is 0.129 e. The van der Waals surface area contributed by atoms with Crippen LogP contribution in [0.2, 0.25) is 0 Å². The van der Waals surface area contributed by atoms with Gasteiger partial charge in [-0.15, -0.1) is 0 Å². The molecule has 1 unspecified atom stereocenters. The summed E-state index contributed by atoms with van der Waals surface area (Å²) in [6, 6.07) is 13.1. The fraction of sp³-hybridized carbons (Fsp3) is 0.167. The first-order valence-electron chi connectivity index (χ1n) is 4.93. The molecule has 0 bridgehead atoms. The van der Waals surface area contributed by atoms with Gasteiger partial charge >= 0.3 is 0 Å². The summed E-state index contributed by atoms with van der Waals surface area (Å²) in [5.41, 5.74) is 8.79. The molecule has 0 spiro atoms. The largest absolute Gasteiger partial charge is 0.468 e. The van der Waals surface area contributed by atoms with Gasteiger partial charge in [-0.05, 0) is 30.2 Å². The van der Waals surface area contributed by atoms with Gasteiger partial charge < -0.3 is 4.42 Å². The summed E-state index contributed by atoms with van der Waals surface area (Å²) < 4.78 is 5.34. The van der Waals surface area contributed by atoms with Gasteiger partial charge in [0.05, 0.1) is 6.26 Å². The molecule has 0 aliphatic carbocycles. The predicted molar refractivity (Wildman–Crippen MR) is 60.8 cm³/mol. The summed E-state index contributed by atoms with van der Waals surface area (Å²) in [7, 11) is 0. The lowest BCUT2D eigenvalue weighted by Crippen LogP contribution is -2.19. The third kappa shape index (κ3) is 1.66. The standard InChI is InChI=1S/C12H11N3O/c1-12(14-15-13,11-8-5-9-16-11)10-6-3-2-4-7-10/h2-9H,1H3. The van der Waals surface area contributed by atoms with Crippen LogP contribution in [-0.4, -0.2) is 0 Å². The van der Waals surface area contributed by atoms with Gasteiger partial charge in [-0.25, -0.2) is 0 Å². The lowest BCUT2D eigenvalue weighted by atomic mass is 9.90. The summed E-state index contributed by atoms with van der Waals surface area (Å²) in [6.45, 7) is 1.83. The molecule has 0 N–H and O–H groups in total. The van der Waals surface area contributed by atoms with Crippen molar-refractivity contribution in [2.45, 2.75) is 12.5 Å². The number of furan rings is 1. The maximum absolute atomic E-state index is 8.68. The van der Waals surface area contributed by atoms with Crippen molar-refractivity contribution in [1.29, 1.82) is 0 Å². The molecule has 2 aromatic rings. The van der Waals surface area contributed by atoms with Crippen LogP contribution in [0.25, 0.3) is 10.4 Å². The van der Waals surface area contributed by atoms with Gasteiger partial charge in [0.25, 0.3) is 0 Å². The van der Waals surface area contributed by atoms with Gasteiger partial charge in [-0.3, -0.25) is 0 Å². The second-order valence-electron chi connectivity index (χ2n) is 3.60. The Balaban J connectivity index is 2.57. The third-order valence-electron chi connectivity index (χ3n) is 2.58. The van der Waals surface area contributed by atoms with Crippen molar-refractivity contribution in [3.05, 3.63) is 70.5 Å². The van der Waals surface area contributed by atoms with E-state index in [1.807, 2.05) is 43.3 Å². The van der Waals surface area contributed by atoms with Gasteiger partial charge in [-0.1, -0.05) is 35.4 Å². The fourth-order valence-corrected chi connectivity index (χ4v) is 1.66. The van der Waals surface area contributed by atoms with Crippen LogP contribution < -0.4 is 0 Å². The van der Waals surface area contributed by atoms with Gasteiger partial charge in [0, 0.05) is 4.91 Å². The van der Waals surface area contributed by atoms with E-state index < -0.39 is 5.54 Å². The lowest BCUT2D eigenvalue weighted by Gasteiger charge is -2.21. The van der Waals surface area contributed by atoms with Crippen LogP contribution in [0.5, 0.6) is 0 Å². The third-order valence-corrected chi connectivity index (χ3v) is 2.58. The predicted octanol–water partition coefficient (Wildman–Crippen LogP) is 3.85. The molecular formula is C12H11N3O.